The van der Waals surface area contributed by atoms with Crippen LogP contribution < -0.4 is 15.4 Å². The van der Waals surface area contributed by atoms with Crippen LogP contribution in [-0.4, -0.2) is 34.5 Å². The molecule has 0 saturated carbocycles. The molecule has 0 heterocycles. The van der Waals surface area contributed by atoms with Gasteiger partial charge in [0.05, 0.1) is 4.90 Å². The zero-order valence-corrected chi connectivity index (χ0v) is 16.2. The van der Waals surface area contributed by atoms with Gasteiger partial charge in [0.25, 0.3) is 0 Å². The minimum Gasteiger partial charge on any atom is -0.355 e. The molecule has 0 bridgehead atoms. The van der Waals surface area contributed by atoms with E-state index in [4.69, 9.17) is 0 Å². The highest BCUT2D eigenvalue weighted by Gasteiger charge is 2.16. The van der Waals surface area contributed by atoms with Crippen molar-refractivity contribution in [3.8, 4) is 0 Å². The average Bonchev–Trinajstić information content (AvgIpc) is 2.64. The number of sulfonamides is 1. The monoisotopic (exact) mass is 374 g/mol. The first-order valence-electron chi connectivity index (χ1n) is 8.48. The van der Waals surface area contributed by atoms with Gasteiger partial charge in [-0.15, -0.1) is 0 Å². The maximum absolute atomic E-state index is 12.4. The van der Waals surface area contributed by atoms with Gasteiger partial charge in [0.15, 0.2) is 5.96 Å². The van der Waals surface area contributed by atoms with Crippen LogP contribution in [0.25, 0.3) is 0 Å². The summed E-state index contributed by atoms with van der Waals surface area (Å²) in [5.41, 5.74) is 2.79. The SMILES string of the molecule is CN=C(NCCNS(=O)(=O)c1cc(C)ccc1C)NCc1ccccc1. The molecule has 26 heavy (non-hydrogen) atoms. The molecule has 2 rings (SSSR count). The zero-order valence-electron chi connectivity index (χ0n) is 15.4. The number of hydrogen-bond acceptors (Lipinski definition) is 3. The van der Waals surface area contributed by atoms with Crippen LogP contribution in [-0.2, 0) is 16.6 Å². The van der Waals surface area contributed by atoms with Gasteiger partial charge >= 0.3 is 0 Å². The minimum absolute atomic E-state index is 0.266. The molecule has 0 fully saturated rings. The third-order valence-corrected chi connectivity index (χ3v) is 5.47. The first kappa shape index (κ1) is 19.9. The second kappa shape index (κ2) is 9.35. The fourth-order valence-corrected chi connectivity index (χ4v) is 3.80. The highest BCUT2D eigenvalue weighted by Crippen LogP contribution is 2.16. The number of guanidine groups is 1. The van der Waals surface area contributed by atoms with Crippen LogP contribution >= 0.6 is 0 Å². The molecular formula is C19H26N4O2S. The van der Waals surface area contributed by atoms with E-state index in [0.717, 1.165) is 16.7 Å². The number of nitrogens with zero attached hydrogens (tertiary/aromatic N) is 1. The summed E-state index contributed by atoms with van der Waals surface area (Å²) in [4.78, 5) is 4.46. The Morgan fingerprint density at radius 3 is 2.42 bits per heavy atom. The van der Waals surface area contributed by atoms with E-state index in [2.05, 4.69) is 20.3 Å². The Balaban J connectivity index is 1.82. The molecule has 0 aliphatic carbocycles. The topological polar surface area (TPSA) is 82.6 Å². The highest BCUT2D eigenvalue weighted by molar-refractivity contribution is 7.89. The van der Waals surface area contributed by atoms with Gasteiger partial charge in [0.2, 0.25) is 10.0 Å². The van der Waals surface area contributed by atoms with Gasteiger partial charge in [-0.2, -0.15) is 0 Å². The Kier molecular flexibility index (Phi) is 7.17. The number of aliphatic imine (C=N–C) groups is 1. The number of benzene rings is 2. The van der Waals surface area contributed by atoms with Crippen molar-refractivity contribution in [3.05, 3.63) is 65.2 Å². The van der Waals surface area contributed by atoms with Crippen molar-refractivity contribution in [2.75, 3.05) is 20.1 Å². The molecule has 0 unspecified atom stereocenters. The van der Waals surface area contributed by atoms with Crippen molar-refractivity contribution in [1.29, 1.82) is 0 Å². The van der Waals surface area contributed by atoms with E-state index in [0.29, 0.717) is 23.9 Å². The predicted molar refractivity (Wildman–Crippen MR) is 106 cm³/mol. The maximum Gasteiger partial charge on any atom is 0.240 e. The predicted octanol–water partition coefficient (Wildman–Crippen LogP) is 1.95. The summed E-state index contributed by atoms with van der Waals surface area (Å²) in [6.07, 6.45) is 0. The standard InChI is InChI=1S/C19H26N4O2S/c1-15-9-10-16(2)18(13-15)26(24,25)23-12-11-21-19(20-3)22-14-17-7-5-4-6-8-17/h4-10,13,23H,11-12,14H2,1-3H3,(H2,20,21,22). The molecule has 7 heteroatoms. The van der Waals surface area contributed by atoms with E-state index >= 15 is 0 Å². The molecule has 2 aromatic carbocycles. The van der Waals surface area contributed by atoms with Gasteiger partial charge in [0, 0.05) is 26.7 Å². The molecule has 0 amide bonds. The molecule has 140 valence electrons. The lowest BCUT2D eigenvalue weighted by Gasteiger charge is -2.13. The fraction of sp³-hybridized carbons (Fsp3) is 0.316. The van der Waals surface area contributed by atoms with Gasteiger partial charge in [0.1, 0.15) is 0 Å². The molecule has 2 aromatic rings. The smallest absolute Gasteiger partial charge is 0.240 e. The molecule has 0 radical (unpaired) electrons. The van der Waals surface area contributed by atoms with E-state index in [-0.39, 0.29) is 6.54 Å². The van der Waals surface area contributed by atoms with Gasteiger partial charge in [-0.25, -0.2) is 13.1 Å². The van der Waals surface area contributed by atoms with Crippen molar-refractivity contribution in [3.63, 3.8) is 0 Å². The first-order chi connectivity index (χ1) is 12.4. The summed E-state index contributed by atoms with van der Waals surface area (Å²) in [7, 11) is -1.84. The lowest BCUT2D eigenvalue weighted by atomic mass is 10.2. The Hall–Kier alpha value is -2.38. The summed E-state index contributed by atoms with van der Waals surface area (Å²) >= 11 is 0. The largest absolute Gasteiger partial charge is 0.355 e. The number of hydrogen-bond donors (Lipinski definition) is 3. The van der Waals surface area contributed by atoms with Crippen LogP contribution in [0.3, 0.4) is 0 Å². The van der Waals surface area contributed by atoms with Crippen molar-refractivity contribution in [2.24, 2.45) is 4.99 Å². The average molecular weight is 375 g/mol. The van der Waals surface area contributed by atoms with Crippen molar-refractivity contribution in [2.45, 2.75) is 25.3 Å². The highest BCUT2D eigenvalue weighted by atomic mass is 32.2. The van der Waals surface area contributed by atoms with Crippen LogP contribution in [0, 0.1) is 13.8 Å². The lowest BCUT2D eigenvalue weighted by molar-refractivity contribution is 0.580. The van der Waals surface area contributed by atoms with E-state index in [1.165, 1.54) is 0 Å². The molecular weight excluding hydrogens is 348 g/mol. The van der Waals surface area contributed by atoms with Crippen LogP contribution in [0.4, 0.5) is 0 Å². The molecule has 0 aromatic heterocycles. The van der Waals surface area contributed by atoms with Crippen LogP contribution in [0.2, 0.25) is 0 Å². The second-order valence-electron chi connectivity index (χ2n) is 6.00. The number of nitrogens with one attached hydrogen (secondary N) is 3. The third kappa shape index (κ3) is 5.86. The molecule has 0 spiro atoms. The third-order valence-electron chi connectivity index (χ3n) is 3.87. The molecule has 0 aliphatic rings. The summed E-state index contributed by atoms with van der Waals surface area (Å²) in [5.74, 6) is 0.625. The Bertz CT molecular complexity index is 849. The molecule has 3 N–H and O–H groups in total. The molecule has 0 aliphatic heterocycles. The Morgan fingerprint density at radius 1 is 1.00 bits per heavy atom. The lowest BCUT2D eigenvalue weighted by Crippen LogP contribution is -2.41. The Morgan fingerprint density at radius 2 is 1.73 bits per heavy atom. The number of aryl methyl sites for hydroxylation is 2. The fourth-order valence-electron chi connectivity index (χ4n) is 2.44. The zero-order chi connectivity index (χ0) is 19.0. The van der Waals surface area contributed by atoms with Gasteiger partial charge in [-0.05, 0) is 36.6 Å². The van der Waals surface area contributed by atoms with Crippen LogP contribution in [0.15, 0.2) is 58.4 Å². The summed E-state index contributed by atoms with van der Waals surface area (Å²) in [6, 6.07) is 15.4. The van der Waals surface area contributed by atoms with E-state index < -0.39 is 10.0 Å². The second-order valence-corrected chi connectivity index (χ2v) is 7.74. The maximum atomic E-state index is 12.4. The summed E-state index contributed by atoms with van der Waals surface area (Å²) < 4.78 is 27.5. The van der Waals surface area contributed by atoms with Crippen molar-refractivity contribution >= 4 is 16.0 Å². The van der Waals surface area contributed by atoms with Crippen LogP contribution in [0.1, 0.15) is 16.7 Å². The quantitative estimate of drug-likeness (QED) is 0.393. The minimum atomic E-state index is -3.52. The molecule has 6 nitrogen and oxygen atoms in total. The summed E-state index contributed by atoms with van der Waals surface area (Å²) in [6.45, 7) is 5.01. The van der Waals surface area contributed by atoms with E-state index in [9.17, 15) is 8.42 Å². The van der Waals surface area contributed by atoms with Crippen molar-refractivity contribution in [1.82, 2.24) is 15.4 Å². The molecule has 0 saturated heterocycles. The van der Waals surface area contributed by atoms with Gasteiger partial charge in [-0.3, -0.25) is 4.99 Å². The van der Waals surface area contributed by atoms with Crippen LogP contribution in [0.5, 0.6) is 0 Å². The normalized spacial score (nSPS) is 12.0. The first-order valence-corrected chi connectivity index (χ1v) is 9.96. The summed E-state index contributed by atoms with van der Waals surface area (Å²) in [5, 5.41) is 6.29. The molecule has 0 atom stereocenters. The van der Waals surface area contributed by atoms with Crippen molar-refractivity contribution < 1.29 is 8.42 Å². The van der Waals surface area contributed by atoms with Gasteiger partial charge < -0.3 is 10.6 Å². The van der Waals surface area contributed by atoms with E-state index in [1.807, 2.05) is 49.4 Å². The Labute approximate surface area is 155 Å². The number of rotatable bonds is 7. The van der Waals surface area contributed by atoms with E-state index in [1.54, 1.807) is 20.0 Å². The van der Waals surface area contributed by atoms with Gasteiger partial charge in [-0.1, -0.05) is 42.5 Å².